The number of rotatable bonds is 4. The van der Waals surface area contributed by atoms with E-state index in [1.54, 1.807) is 12.1 Å². The van der Waals surface area contributed by atoms with E-state index >= 15 is 0 Å². The molecule has 2 aromatic carbocycles. The summed E-state index contributed by atoms with van der Waals surface area (Å²) in [7, 11) is 0. The lowest BCUT2D eigenvalue weighted by Gasteiger charge is -2.07. The van der Waals surface area contributed by atoms with Gasteiger partial charge in [-0.25, -0.2) is 0 Å². The molecule has 0 aliphatic rings. The number of nitrogens with two attached hydrogens (primary N) is 1. The highest BCUT2D eigenvalue weighted by atomic mass is 35.5. The van der Waals surface area contributed by atoms with E-state index in [0.717, 1.165) is 17.8 Å². The molecule has 0 amide bonds. The zero-order chi connectivity index (χ0) is 16.4. The Morgan fingerprint density at radius 2 is 1.59 bits per heavy atom. The maximum Gasteiger partial charge on any atom is 0.294 e. The molecule has 114 valence electrons. The Balaban J connectivity index is 2.52. The number of anilines is 1. The van der Waals surface area contributed by atoms with Crippen LogP contribution < -0.4 is 5.73 Å². The Labute approximate surface area is 138 Å². The summed E-state index contributed by atoms with van der Waals surface area (Å²) in [5.74, 6) is 0. The van der Waals surface area contributed by atoms with Crippen LogP contribution in [0.3, 0.4) is 0 Å². The van der Waals surface area contributed by atoms with Crippen molar-refractivity contribution in [2.75, 3.05) is 5.73 Å². The van der Waals surface area contributed by atoms with Gasteiger partial charge < -0.3 is 5.73 Å². The molecule has 22 heavy (non-hydrogen) atoms. The number of benzene rings is 2. The minimum absolute atomic E-state index is 0.148. The quantitative estimate of drug-likeness (QED) is 0.486. The van der Waals surface area contributed by atoms with Gasteiger partial charge in [0.25, 0.3) is 11.4 Å². The zero-order valence-electron chi connectivity index (χ0n) is 10.7. The molecule has 2 aromatic rings. The second kappa shape index (κ2) is 6.39. The van der Waals surface area contributed by atoms with E-state index in [9.17, 15) is 20.2 Å². The van der Waals surface area contributed by atoms with E-state index in [1.807, 2.05) is 0 Å². The Kier molecular flexibility index (Phi) is 4.74. The SMILES string of the molecule is Nc1cc(Cl)ccc1Sc1cc(Cl)c([N+](=O)[O-])cc1[N+](=O)[O-]. The topological polar surface area (TPSA) is 112 Å². The zero-order valence-corrected chi connectivity index (χ0v) is 13.0. The van der Waals surface area contributed by atoms with Crippen molar-refractivity contribution < 1.29 is 9.85 Å². The summed E-state index contributed by atoms with van der Waals surface area (Å²) >= 11 is 12.6. The second-order valence-electron chi connectivity index (χ2n) is 4.07. The van der Waals surface area contributed by atoms with Crippen LogP contribution in [-0.2, 0) is 0 Å². The normalized spacial score (nSPS) is 10.5. The molecule has 0 radical (unpaired) electrons. The van der Waals surface area contributed by atoms with Gasteiger partial charge in [-0.2, -0.15) is 0 Å². The van der Waals surface area contributed by atoms with Gasteiger partial charge in [0.05, 0.1) is 20.8 Å². The van der Waals surface area contributed by atoms with Gasteiger partial charge in [-0.05, 0) is 24.3 Å². The van der Waals surface area contributed by atoms with Crippen LogP contribution in [0.15, 0.2) is 40.1 Å². The molecule has 0 unspecified atom stereocenters. The Hall–Kier alpha value is -2.03. The van der Waals surface area contributed by atoms with Crippen LogP contribution in [0.2, 0.25) is 10.0 Å². The van der Waals surface area contributed by atoms with Gasteiger partial charge in [0.1, 0.15) is 5.02 Å². The molecule has 0 aliphatic carbocycles. The number of hydrogen-bond donors (Lipinski definition) is 1. The molecule has 0 saturated heterocycles. The minimum atomic E-state index is -0.777. The Morgan fingerprint density at radius 1 is 0.955 bits per heavy atom. The maximum absolute atomic E-state index is 11.1. The average Bonchev–Trinajstić information content (AvgIpc) is 2.41. The highest BCUT2D eigenvalue weighted by Gasteiger charge is 2.24. The summed E-state index contributed by atoms with van der Waals surface area (Å²) in [6, 6.07) is 6.69. The van der Waals surface area contributed by atoms with Gasteiger partial charge >= 0.3 is 0 Å². The summed E-state index contributed by atoms with van der Waals surface area (Å²) in [6.07, 6.45) is 0. The predicted molar refractivity (Wildman–Crippen MR) is 84.7 cm³/mol. The molecule has 0 fully saturated rings. The summed E-state index contributed by atoms with van der Waals surface area (Å²) in [6.45, 7) is 0. The molecule has 2 N–H and O–H groups in total. The van der Waals surface area contributed by atoms with Gasteiger partial charge in [0, 0.05) is 15.6 Å². The first kappa shape index (κ1) is 16.3. The van der Waals surface area contributed by atoms with Crippen LogP contribution in [0.4, 0.5) is 17.1 Å². The van der Waals surface area contributed by atoms with E-state index < -0.39 is 21.2 Å². The van der Waals surface area contributed by atoms with E-state index in [4.69, 9.17) is 28.9 Å². The van der Waals surface area contributed by atoms with Gasteiger partial charge in [0.2, 0.25) is 0 Å². The highest BCUT2D eigenvalue weighted by molar-refractivity contribution is 7.99. The molecule has 2 rings (SSSR count). The lowest BCUT2D eigenvalue weighted by atomic mass is 10.3. The molecule has 0 spiro atoms. The van der Waals surface area contributed by atoms with Gasteiger partial charge in [-0.3, -0.25) is 20.2 Å². The number of hydrogen-bond acceptors (Lipinski definition) is 6. The first-order valence-corrected chi connectivity index (χ1v) is 7.22. The fourth-order valence-electron chi connectivity index (χ4n) is 1.63. The third kappa shape index (κ3) is 3.41. The van der Waals surface area contributed by atoms with Crippen molar-refractivity contribution in [3.63, 3.8) is 0 Å². The van der Waals surface area contributed by atoms with Crippen molar-refractivity contribution in [1.82, 2.24) is 0 Å². The maximum atomic E-state index is 11.1. The first-order chi connectivity index (χ1) is 10.3. The molecule has 0 saturated carbocycles. The molecule has 0 bridgehead atoms. The minimum Gasteiger partial charge on any atom is -0.398 e. The van der Waals surface area contributed by atoms with Crippen LogP contribution in [-0.4, -0.2) is 9.85 Å². The molecule has 0 aliphatic heterocycles. The van der Waals surface area contributed by atoms with Crippen molar-refractivity contribution in [3.8, 4) is 0 Å². The summed E-state index contributed by atoms with van der Waals surface area (Å²) in [4.78, 5) is 21.1. The molecule has 0 aromatic heterocycles. The molecule has 0 heterocycles. The van der Waals surface area contributed by atoms with E-state index in [2.05, 4.69) is 0 Å². The van der Waals surface area contributed by atoms with Gasteiger partial charge in [-0.1, -0.05) is 35.0 Å². The lowest BCUT2D eigenvalue weighted by molar-refractivity contribution is -0.395. The standard InChI is InChI=1S/C12H7Cl2N3O4S/c13-6-1-2-11(8(15)3-6)22-12-4-7(14)9(16(18)19)5-10(12)17(20)21/h1-5H,15H2. The molecular formula is C12H7Cl2N3O4S. The predicted octanol–water partition coefficient (Wildman–Crippen LogP) is 4.54. The van der Waals surface area contributed by atoms with E-state index in [0.29, 0.717) is 15.6 Å². The number of nitro groups is 2. The van der Waals surface area contributed by atoms with Crippen molar-refractivity contribution in [2.24, 2.45) is 0 Å². The highest BCUT2D eigenvalue weighted by Crippen LogP contribution is 2.42. The Bertz CT molecular complexity index is 785. The lowest BCUT2D eigenvalue weighted by Crippen LogP contribution is -1.96. The molecule has 10 heteroatoms. The molecule has 0 atom stereocenters. The average molecular weight is 360 g/mol. The fraction of sp³-hybridized carbons (Fsp3) is 0. The monoisotopic (exact) mass is 359 g/mol. The van der Waals surface area contributed by atoms with Crippen molar-refractivity contribution in [3.05, 3.63) is 60.6 Å². The van der Waals surface area contributed by atoms with Crippen molar-refractivity contribution >= 4 is 52.0 Å². The number of halogens is 2. The second-order valence-corrected chi connectivity index (χ2v) is 6.00. The van der Waals surface area contributed by atoms with Crippen LogP contribution in [0, 0.1) is 20.2 Å². The van der Waals surface area contributed by atoms with Crippen LogP contribution in [0.5, 0.6) is 0 Å². The van der Waals surface area contributed by atoms with Crippen LogP contribution >= 0.6 is 35.0 Å². The number of nitrogens with zero attached hydrogens (tertiary/aromatic N) is 2. The summed E-state index contributed by atoms with van der Waals surface area (Å²) in [5, 5.41) is 22.2. The van der Waals surface area contributed by atoms with Crippen molar-refractivity contribution in [1.29, 1.82) is 0 Å². The smallest absolute Gasteiger partial charge is 0.294 e. The first-order valence-electron chi connectivity index (χ1n) is 5.65. The molecule has 7 nitrogen and oxygen atoms in total. The number of nitrogen functional groups attached to an aromatic ring is 1. The van der Waals surface area contributed by atoms with Gasteiger partial charge in [0.15, 0.2) is 0 Å². The third-order valence-corrected chi connectivity index (χ3v) is 4.29. The van der Waals surface area contributed by atoms with Gasteiger partial charge in [-0.15, -0.1) is 0 Å². The third-order valence-electron chi connectivity index (χ3n) is 2.61. The molecular weight excluding hydrogens is 353 g/mol. The Morgan fingerprint density at radius 3 is 2.14 bits per heavy atom. The van der Waals surface area contributed by atoms with E-state index in [-0.39, 0.29) is 9.92 Å². The summed E-state index contributed by atoms with van der Waals surface area (Å²) in [5.41, 5.74) is 5.18. The van der Waals surface area contributed by atoms with Crippen molar-refractivity contribution in [2.45, 2.75) is 9.79 Å². The van der Waals surface area contributed by atoms with Crippen LogP contribution in [0.1, 0.15) is 0 Å². The summed E-state index contributed by atoms with van der Waals surface area (Å²) < 4.78 is 0. The van der Waals surface area contributed by atoms with Crippen LogP contribution in [0.25, 0.3) is 0 Å². The fourth-order valence-corrected chi connectivity index (χ4v) is 3.07. The number of nitro benzene ring substituents is 2. The van der Waals surface area contributed by atoms with E-state index in [1.165, 1.54) is 12.1 Å². The largest absolute Gasteiger partial charge is 0.398 e.